The van der Waals surface area contributed by atoms with Crippen molar-refractivity contribution in [2.75, 3.05) is 0 Å². The van der Waals surface area contributed by atoms with Crippen molar-refractivity contribution >= 4 is 10.9 Å². The fourth-order valence-corrected chi connectivity index (χ4v) is 4.61. The topological polar surface area (TPSA) is 20.2 Å². The lowest BCUT2D eigenvalue weighted by molar-refractivity contribution is 0.475. The van der Waals surface area contributed by atoms with Crippen LogP contribution in [0, 0.1) is 0 Å². The summed E-state index contributed by atoms with van der Waals surface area (Å²) >= 11 is 0. The maximum atomic E-state index is 8.63. The molecule has 0 unspecified atom stereocenters. The molecule has 0 radical (unpaired) electrons. The number of para-hydroxylation sites is 1. The van der Waals surface area contributed by atoms with Gasteiger partial charge < -0.3 is 5.11 Å². The molecule has 0 saturated heterocycles. The summed E-state index contributed by atoms with van der Waals surface area (Å²) in [5.74, 6) is 0.322. The molecule has 128 valence electrons. The number of hydrogen-bond acceptors (Lipinski definition) is 1. The molecule has 4 aromatic rings. The van der Waals surface area contributed by atoms with E-state index in [0.717, 1.165) is 0 Å². The lowest BCUT2D eigenvalue weighted by Crippen LogP contribution is -2.04. The summed E-state index contributed by atoms with van der Waals surface area (Å²) in [5.41, 5.74) is 0. The van der Waals surface area contributed by atoms with Crippen LogP contribution < -0.4 is 0 Å². The second-order valence-electron chi connectivity index (χ2n) is 5.58. The maximum absolute atomic E-state index is 8.63. The molecule has 1 N–H and O–H groups in total. The summed E-state index contributed by atoms with van der Waals surface area (Å²) in [4.78, 5) is 4.08. The molecule has 0 fully saturated rings. The zero-order valence-electron chi connectivity index (χ0n) is 14.4. The highest BCUT2D eigenvalue weighted by Gasteiger charge is 2.27. The normalized spacial score (nSPS) is 10.0. The Labute approximate surface area is 157 Å². The van der Waals surface area contributed by atoms with Crippen molar-refractivity contribution in [3.63, 3.8) is 0 Å². The molecule has 0 aliphatic rings. The van der Waals surface area contributed by atoms with E-state index < -0.39 is 0 Å². The molecule has 0 aliphatic carbocycles. The van der Waals surface area contributed by atoms with E-state index in [-0.39, 0.29) is 10.9 Å². The zero-order chi connectivity index (χ0) is 18.0. The SMILES string of the molecule is Oc1ccccc1.c1ccc([S+](c2ccccc2)c2ccccc2)cc1. The van der Waals surface area contributed by atoms with Crippen LogP contribution >= 0.6 is 0 Å². The Morgan fingerprint density at radius 1 is 0.385 bits per heavy atom. The molecular formula is C24H21OS+. The van der Waals surface area contributed by atoms with Crippen molar-refractivity contribution in [2.24, 2.45) is 0 Å². The molecule has 0 aliphatic heterocycles. The van der Waals surface area contributed by atoms with Gasteiger partial charge in [0.05, 0.1) is 10.9 Å². The van der Waals surface area contributed by atoms with Crippen LogP contribution in [0.4, 0.5) is 0 Å². The first-order valence-electron chi connectivity index (χ1n) is 8.48. The smallest absolute Gasteiger partial charge is 0.166 e. The molecule has 4 rings (SSSR count). The van der Waals surface area contributed by atoms with Crippen LogP contribution in [0.25, 0.3) is 0 Å². The Kier molecular flexibility index (Phi) is 6.52. The van der Waals surface area contributed by atoms with Crippen molar-refractivity contribution in [3.05, 3.63) is 121 Å². The molecule has 0 amide bonds. The summed E-state index contributed by atoms with van der Waals surface area (Å²) in [6.45, 7) is 0. The lowest BCUT2D eigenvalue weighted by atomic mass is 10.3. The summed E-state index contributed by atoms with van der Waals surface area (Å²) < 4.78 is 0. The molecule has 4 aromatic carbocycles. The predicted molar refractivity (Wildman–Crippen MR) is 110 cm³/mol. The van der Waals surface area contributed by atoms with Gasteiger partial charge in [0, 0.05) is 0 Å². The fraction of sp³-hybridized carbons (Fsp3) is 0. The molecule has 0 heterocycles. The van der Waals surface area contributed by atoms with Crippen molar-refractivity contribution in [3.8, 4) is 5.75 Å². The molecule has 0 atom stereocenters. The second kappa shape index (κ2) is 9.50. The first-order valence-corrected chi connectivity index (χ1v) is 9.70. The third kappa shape index (κ3) is 5.01. The van der Waals surface area contributed by atoms with E-state index in [1.54, 1.807) is 24.3 Å². The molecule has 2 heteroatoms. The van der Waals surface area contributed by atoms with Gasteiger partial charge in [-0.2, -0.15) is 0 Å². The highest BCUT2D eigenvalue weighted by molar-refractivity contribution is 7.97. The molecule has 0 aromatic heterocycles. The fourth-order valence-electron chi connectivity index (χ4n) is 2.51. The van der Waals surface area contributed by atoms with Crippen LogP contribution in [0.3, 0.4) is 0 Å². The van der Waals surface area contributed by atoms with Gasteiger partial charge in [0.25, 0.3) is 0 Å². The summed E-state index contributed by atoms with van der Waals surface area (Å²) in [5, 5.41) is 8.63. The first-order chi connectivity index (χ1) is 12.8. The van der Waals surface area contributed by atoms with Crippen molar-refractivity contribution in [1.82, 2.24) is 0 Å². The quantitative estimate of drug-likeness (QED) is 0.434. The monoisotopic (exact) mass is 357 g/mol. The molecule has 0 spiro atoms. The van der Waals surface area contributed by atoms with E-state index >= 15 is 0 Å². The average Bonchev–Trinajstić information content (AvgIpc) is 2.72. The van der Waals surface area contributed by atoms with Gasteiger partial charge in [-0.1, -0.05) is 72.8 Å². The molecule has 26 heavy (non-hydrogen) atoms. The van der Waals surface area contributed by atoms with E-state index in [1.165, 1.54) is 14.7 Å². The lowest BCUT2D eigenvalue weighted by Gasteiger charge is -2.07. The third-order valence-electron chi connectivity index (χ3n) is 3.69. The van der Waals surface area contributed by atoms with Crippen LogP contribution in [0.2, 0.25) is 0 Å². The summed E-state index contributed by atoms with van der Waals surface area (Å²) in [6.07, 6.45) is 0. The predicted octanol–water partition coefficient (Wildman–Crippen LogP) is 6.17. The number of phenols is 1. The van der Waals surface area contributed by atoms with E-state index in [0.29, 0.717) is 5.75 Å². The largest absolute Gasteiger partial charge is 0.508 e. The van der Waals surface area contributed by atoms with E-state index in [9.17, 15) is 0 Å². The summed E-state index contributed by atoms with van der Waals surface area (Å²) in [6, 6.07) is 40.9. The van der Waals surface area contributed by atoms with Crippen LogP contribution in [0.1, 0.15) is 0 Å². The van der Waals surface area contributed by atoms with E-state index in [1.807, 2.05) is 6.07 Å². The maximum Gasteiger partial charge on any atom is 0.166 e. The van der Waals surface area contributed by atoms with Gasteiger partial charge in [-0.25, -0.2) is 0 Å². The van der Waals surface area contributed by atoms with Gasteiger partial charge in [0.1, 0.15) is 5.75 Å². The second-order valence-corrected chi connectivity index (χ2v) is 7.61. The Morgan fingerprint density at radius 2 is 0.654 bits per heavy atom. The Morgan fingerprint density at radius 3 is 0.885 bits per heavy atom. The Hall–Kier alpha value is -2.97. The zero-order valence-corrected chi connectivity index (χ0v) is 15.2. The van der Waals surface area contributed by atoms with Gasteiger partial charge in [-0.3, -0.25) is 0 Å². The Balaban J connectivity index is 0.000000236. The standard InChI is InChI=1S/C18H15S.C6H6O/c1-4-10-16(11-5-1)19(17-12-6-2-7-13-17)18-14-8-3-9-15-18;7-6-4-2-1-3-5-6/h1-15H;1-5,7H/q+1;. The molecule has 0 bridgehead atoms. The van der Waals surface area contributed by atoms with Gasteiger partial charge in [-0.15, -0.1) is 0 Å². The third-order valence-corrected chi connectivity index (χ3v) is 5.92. The number of phenolic OH excluding ortho intramolecular Hbond substituents is 1. The van der Waals surface area contributed by atoms with E-state index in [4.69, 9.17) is 5.11 Å². The number of benzene rings is 4. The minimum absolute atomic E-state index is 0.0146. The minimum atomic E-state index is -0.0146. The van der Waals surface area contributed by atoms with Crippen molar-refractivity contribution in [2.45, 2.75) is 14.7 Å². The van der Waals surface area contributed by atoms with Gasteiger partial charge >= 0.3 is 0 Å². The van der Waals surface area contributed by atoms with Crippen LogP contribution in [0.5, 0.6) is 5.75 Å². The number of rotatable bonds is 3. The number of hydrogen-bond donors (Lipinski definition) is 1. The Bertz CT molecular complexity index is 784. The first kappa shape index (κ1) is 17.8. The van der Waals surface area contributed by atoms with Crippen LogP contribution in [-0.2, 0) is 10.9 Å². The molecule has 1 nitrogen and oxygen atoms in total. The molecule has 0 saturated carbocycles. The average molecular weight is 357 g/mol. The van der Waals surface area contributed by atoms with Crippen LogP contribution in [-0.4, -0.2) is 5.11 Å². The van der Waals surface area contributed by atoms with E-state index in [2.05, 4.69) is 91.0 Å². The van der Waals surface area contributed by atoms with Gasteiger partial charge in [0.2, 0.25) is 0 Å². The summed E-state index contributed by atoms with van der Waals surface area (Å²) in [7, 11) is -0.0146. The van der Waals surface area contributed by atoms with Gasteiger partial charge in [0.15, 0.2) is 14.7 Å². The highest BCUT2D eigenvalue weighted by atomic mass is 32.2. The minimum Gasteiger partial charge on any atom is -0.508 e. The molecular weight excluding hydrogens is 336 g/mol. The van der Waals surface area contributed by atoms with Gasteiger partial charge in [-0.05, 0) is 48.5 Å². The van der Waals surface area contributed by atoms with Crippen molar-refractivity contribution in [1.29, 1.82) is 0 Å². The highest BCUT2D eigenvalue weighted by Crippen LogP contribution is 2.30. The van der Waals surface area contributed by atoms with Crippen molar-refractivity contribution < 1.29 is 5.11 Å². The number of aromatic hydroxyl groups is 1. The van der Waals surface area contributed by atoms with Crippen LogP contribution in [0.15, 0.2) is 136 Å².